The molecule has 0 N–H and O–H groups in total. The van der Waals surface area contributed by atoms with Crippen LogP contribution in [0.5, 0.6) is 0 Å². The fraction of sp³-hybridized carbons (Fsp3) is 0. The summed E-state index contributed by atoms with van der Waals surface area (Å²) in [7, 11) is 0. The van der Waals surface area contributed by atoms with E-state index in [9.17, 15) is 0 Å². The molecule has 0 spiro atoms. The number of hydrogen-bond donors (Lipinski definition) is 0. The van der Waals surface area contributed by atoms with Crippen LogP contribution in [0.15, 0.2) is 239 Å². The molecule has 0 bridgehead atoms. The van der Waals surface area contributed by atoms with Gasteiger partial charge in [0, 0.05) is 54.7 Å². The standard InChI is InChI=1S/C63H38N4O2/c1-5-15-39(16-6-1)42-29-33-53-51(35-42)48-31-27-44(37-54(48)67(53)46-21-11-4-12-22-46)43-30-34-55-52(36-43)60-50(24-14-26-57(60)68-55)63-65-61(41-19-9-3-10-20-41)64-62(66-63)45-28-32-49-58(38-45)69-56-25-13-23-47(59(49)56)40-17-7-2-8-18-40/h1-38H. The lowest BCUT2D eigenvalue weighted by Gasteiger charge is -2.10. The molecule has 322 valence electrons. The predicted molar refractivity (Wildman–Crippen MR) is 281 cm³/mol. The van der Waals surface area contributed by atoms with Gasteiger partial charge in [0.05, 0.1) is 11.0 Å². The Balaban J connectivity index is 0.922. The third kappa shape index (κ3) is 6.45. The van der Waals surface area contributed by atoms with Crippen LogP contribution in [0.4, 0.5) is 0 Å². The van der Waals surface area contributed by atoms with Gasteiger partial charge in [-0.2, -0.15) is 0 Å². The summed E-state index contributed by atoms with van der Waals surface area (Å²) in [5.41, 5.74) is 16.0. The van der Waals surface area contributed by atoms with E-state index in [4.69, 9.17) is 23.8 Å². The quantitative estimate of drug-likeness (QED) is 0.159. The summed E-state index contributed by atoms with van der Waals surface area (Å²) in [6, 6.07) is 80.5. The van der Waals surface area contributed by atoms with Gasteiger partial charge in [-0.15, -0.1) is 0 Å². The Labute approximate surface area is 396 Å². The number of aromatic nitrogens is 4. The van der Waals surface area contributed by atoms with Gasteiger partial charge in [0.1, 0.15) is 22.3 Å². The van der Waals surface area contributed by atoms with E-state index < -0.39 is 0 Å². The van der Waals surface area contributed by atoms with Gasteiger partial charge in [-0.1, -0.05) is 164 Å². The van der Waals surface area contributed by atoms with Crippen LogP contribution in [0.2, 0.25) is 0 Å². The van der Waals surface area contributed by atoms with Gasteiger partial charge in [0.15, 0.2) is 17.5 Å². The maximum Gasteiger partial charge on any atom is 0.164 e. The molecule has 0 amide bonds. The molecule has 0 aliphatic rings. The highest BCUT2D eigenvalue weighted by Crippen LogP contribution is 2.42. The Bertz CT molecular complexity index is 4290. The topological polar surface area (TPSA) is 69.9 Å². The van der Waals surface area contributed by atoms with Crippen molar-refractivity contribution in [3.8, 4) is 73.2 Å². The number of benzene rings is 10. The fourth-order valence-electron chi connectivity index (χ4n) is 10.2. The Morgan fingerprint density at radius 2 is 0.812 bits per heavy atom. The first-order valence-electron chi connectivity index (χ1n) is 23.2. The van der Waals surface area contributed by atoms with Crippen molar-refractivity contribution >= 4 is 65.7 Å². The number of rotatable bonds is 7. The van der Waals surface area contributed by atoms with E-state index >= 15 is 0 Å². The first-order chi connectivity index (χ1) is 34.2. The summed E-state index contributed by atoms with van der Waals surface area (Å²) in [5, 5.41) is 6.46. The molecular formula is C63H38N4O2. The SMILES string of the molecule is c1ccc(-c2ccc3c(c2)c2ccc(-c4ccc5oc6cccc(-c7nc(-c8ccccc8)nc(-c8ccc9c(c8)oc8cccc(-c%10ccccc%10)c89)n7)c6c5c4)cc2n3-c2ccccc2)cc1. The average Bonchev–Trinajstić information content (AvgIpc) is 4.10. The summed E-state index contributed by atoms with van der Waals surface area (Å²) in [6.07, 6.45) is 0. The van der Waals surface area contributed by atoms with E-state index in [-0.39, 0.29) is 0 Å². The molecule has 0 unspecified atom stereocenters. The van der Waals surface area contributed by atoms with Crippen LogP contribution in [0, 0.1) is 0 Å². The van der Waals surface area contributed by atoms with Crippen molar-refractivity contribution in [2.45, 2.75) is 0 Å². The molecule has 0 radical (unpaired) electrons. The van der Waals surface area contributed by atoms with Crippen LogP contribution in [0.25, 0.3) is 139 Å². The Morgan fingerprint density at radius 1 is 0.275 bits per heavy atom. The van der Waals surface area contributed by atoms with Crippen molar-refractivity contribution in [1.29, 1.82) is 0 Å². The third-order valence-electron chi connectivity index (χ3n) is 13.5. The predicted octanol–water partition coefficient (Wildman–Crippen LogP) is 16.8. The molecule has 10 aromatic carbocycles. The summed E-state index contributed by atoms with van der Waals surface area (Å²) in [5.74, 6) is 1.68. The van der Waals surface area contributed by atoms with E-state index in [1.807, 2.05) is 66.7 Å². The molecule has 0 atom stereocenters. The highest BCUT2D eigenvalue weighted by molar-refractivity contribution is 6.15. The zero-order valence-corrected chi connectivity index (χ0v) is 37.0. The zero-order valence-electron chi connectivity index (χ0n) is 37.0. The molecule has 0 saturated heterocycles. The summed E-state index contributed by atoms with van der Waals surface area (Å²) in [6.45, 7) is 0. The van der Waals surface area contributed by atoms with E-state index in [0.717, 1.165) is 99.5 Å². The molecule has 14 rings (SSSR count). The number of furan rings is 2. The largest absolute Gasteiger partial charge is 0.456 e. The van der Waals surface area contributed by atoms with Crippen molar-refractivity contribution in [3.05, 3.63) is 231 Å². The first kappa shape index (κ1) is 38.8. The van der Waals surface area contributed by atoms with Crippen molar-refractivity contribution in [1.82, 2.24) is 19.5 Å². The number of hydrogen-bond acceptors (Lipinski definition) is 5. The van der Waals surface area contributed by atoms with E-state index in [0.29, 0.717) is 17.5 Å². The van der Waals surface area contributed by atoms with Gasteiger partial charge in [-0.25, -0.2) is 15.0 Å². The molecule has 4 aromatic heterocycles. The molecule has 0 fully saturated rings. The van der Waals surface area contributed by atoms with Crippen LogP contribution in [0.1, 0.15) is 0 Å². The summed E-state index contributed by atoms with van der Waals surface area (Å²) in [4.78, 5) is 15.5. The molecule has 0 aliphatic carbocycles. The molecule has 69 heavy (non-hydrogen) atoms. The first-order valence-corrected chi connectivity index (χ1v) is 23.2. The second-order valence-corrected chi connectivity index (χ2v) is 17.5. The third-order valence-corrected chi connectivity index (χ3v) is 13.5. The van der Waals surface area contributed by atoms with Gasteiger partial charge >= 0.3 is 0 Å². The van der Waals surface area contributed by atoms with Crippen LogP contribution >= 0.6 is 0 Å². The number of fused-ring (bicyclic) bond motifs is 9. The fourth-order valence-corrected chi connectivity index (χ4v) is 10.2. The van der Waals surface area contributed by atoms with Crippen LogP contribution in [0.3, 0.4) is 0 Å². The highest BCUT2D eigenvalue weighted by Gasteiger charge is 2.21. The van der Waals surface area contributed by atoms with Crippen molar-refractivity contribution < 1.29 is 8.83 Å². The monoisotopic (exact) mass is 882 g/mol. The van der Waals surface area contributed by atoms with Gasteiger partial charge in [-0.3, -0.25) is 0 Å². The van der Waals surface area contributed by atoms with Crippen LogP contribution in [-0.4, -0.2) is 19.5 Å². The van der Waals surface area contributed by atoms with E-state index in [1.54, 1.807) is 0 Å². The average molecular weight is 883 g/mol. The van der Waals surface area contributed by atoms with Crippen molar-refractivity contribution in [2.24, 2.45) is 0 Å². The second kappa shape index (κ2) is 15.6. The van der Waals surface area contributed by atoms with E-state index in [2.05, 4.69) is 168 Å². The molecule has 0 aliphatic heterocycles. The summed E-state index contributed by atoms with van der Waals surface area (Å²) >= 11 is 0. The minimum atomic E-state index is 0.549. The molecule has 6 heteroatoms. The minimum Gasteiger partial charge on any atom is -0.456 e. The molecular weight excluding hydrogens is 845 g/mol. The number of nitrogens with zero attached hydrogens (tertiary/aromatic N) is 4. The molecule has 6 nitrogen and oxygen atoms in total. The van der Waals surface area contributed by atoms with Gasteiger partial charge < -0.3 is 13.4 Å². The lowest BCUT2D eigenvalue weighted by atomic mass is 9.99. The molecule has 14 aromatic rings. The van der Waals surface area contributed by atoms with Crippen molar-refractivity contribution in [3.63, 3.8) is 0 Å². The Hall–Kier alpha value is -9.39. The van der Waals surface area contributed by atoms with E-state index in [1.165, 1.54) is 21.9 Å². The highest BCUT2D eigenvalue weighted by atomic mass is 16.3. The Kier molecular flexibility index (Phi) is 8.79. The van der Waals surface area contributed by atoms with Gasteiger partial charge in [0.25, 0.3) is 0 Å². The maximum atomic E-state index is 6.60. The van der Waals surface area contributed by atoms with Gasteiger partial charge in [-0.05, 0) is 100 Å². The van der Waals surface area contributed by atoms with Crippen molar-refractivity contribution in [2.75, 3.05) is 0 Å². The molecule has 0 saturated carbocycles. The van der Waals surface area contributed by atoms with Gasteiger partial charge in [0.2, 0.25) is 0 Å². The lowest BCUT2D eigenvalue weighted by molar-refractivity contribution is 0.668. The second-order valence-electron chi connectivity index (χ2n) is 17.5. The number of para-hydroxylation sites is 1. The lowest BCUT2D eigenvalue weighted by Crippen LogP contribution is -2.00. The minimum absolute atomic E-state index is 0.549. The summed E-state index contributed by atoms with van der Waals surface area (Å²) < 4.78 is 15.5. The smallest absolute Gasteiger partial charge is 0.164 e. The zero-order chi connectivity index (χ0) is 45.4. The maximum absolute atomic E-state index is 6.60. The molecule has 4 heterocycles. The normalized spacial score (nSPS) is 11.8. The Morgan fingerprint density at radius 3 is 1.57 bits per heavy atom. The van der Waals surface area contributed by atoms with Crippen LogP contribution in [-0.2, 0) is 0 Å². The van der Waals surface area contributed by atoms with Crippen LogP contribution < -0.4 is 0 Å².